The van der Waals surface area contributed by atoms with E-state index in [2.05, 4.69) is 20.5 Å². The summed E-state index contributed by atoms with van der Waals surface area (Å²) in [7, 11) is 0. The Hall–Kier alpha value is -2.49. The number of likely N-dealkylation sites (tertiary alicyclic amines) is 1. The number of phenols is 1. The summed E-state index contributed by atoms with van der Waals surface area (Å²) in [6.07, 6.45) is 2.08. The largest absolute Gasteiger partial charge is 0.507 e. The minimum absolute atomic E-state index is 0. The van der Waals surface area contributed by atoms with Gasteiger partial charge in [-0.3, -0.25) is 9.79 Å². The molecule has 0 aliphatic carbocycles. The fourth-order valence-corrected chi connectivity index (χ4v) is 3.39. The molecule has 0 atom stereocenters. The second-order valence-electron chi connectivity index (χ2n) is 7.13. The molecule has 1 saturated heterocycles. The summed E-state index contributed by atoms with van der Waals surface area (Å²) in [6.45, 7) is 5.42. The van der Waals surface area contributed by atoms with Gasteiger partial charge in [0.25, 0.3) is 5.91 Å². The van der Waals surface area contributed by atoms with Gasteiger partial charge in [-0.15, -0.1) is 24.0 Å². The predicted molar refractivity (Wildman–Crippen MR) is 133 cm³/mol. The Morgan fingerprint density at radius 1 is 1.10 bits per heavy atom. The standard InChI is InChI=1S/C23H30N4O3.HI/c1-2-24-23(26-15-14-25-22(29)20-10-6-7-11-21(20)28)27-16-12-19(13-17-27)30-18-8-4-3-5-9-18;/h3-11,19,28H,2,12-17H2,1H3,(H,24,26)(H,25,29);1H. The molecule has 31 heavy (non-hydrogen) atoms. The molecule has 1 aliphatic heterocycles. The Kier molecular flexibility index (Phi) is 10.4. The quantitative estimate of drug-likeness (QED) is 0.218. The number of nitrogens with zero attached hydrogens (tertiary/aromatic N) is 2. The molecule has 8 heteroatoms. The molecule has 1 aliphatic rings. The number of piperidine rings is 1. The van der Waals surface area contributed by atoms with E-state index < -0.39 is 0 Å². The molecule has 0 bridgehead atoms. The lowest BCUT2D eigenvalue weighted by Crippen LogP contribution is -2.47. The van der Waals surface area contributed by atoms with E-state index in [0.29, 0.717) is 13.1 Å². The average Bonchev–Trinajstić information content (AvgIpc) is 2.77. The second-order valence-corrected chi connectivity index (χ2v) is 7.13. The summed E-state index contributed by atoms with van der Waals surface area (Å²) < 4.78 is 6.07. The number of carbonyl (C=O) groups excluding carboxylic acids is 1. The van der Waals surface area contributed by atoms with Crippen LogP contribution in [-0.2, 0) is 0 Å². The van der Waals surface area contributed by atoms with Crippen molar-refractivity contribution in [2.24, 2.45) is 4.99 Å². The van der Waals surface area contributed by atoms with Crippen LogP contribution in [0.3, 0.4) is 0 Å². The van der Waals surface area contributed by atoms with Crippen LogP contribution in [0.1, 0.15) is 30.1 Å². The van der Waals surface area contributed by atoms with Crippen molar-refractivity contribution in [3.05, 3.63) is 60.2 Å². The Bertz CT molecular complexity index is 840. The fraction of sp³-hybridized carbons (Fsp3) is 0.391. The highest BCUT2D eigenvalue weighted by molar-refractivity contribution is 14.0. The van der Waals surface area contributed by atoms with Crippen molar-refractivity contribution in [1.82, 2.24) is 15.5 Å². The molecule has 1 amide bonds. The van der Waals surface area contributed by atoms with E-state index in [-0.39, 0.29) is 47.3 Å². The van der Waals surface area contributed by atoms with Gasteiger partial charge < -0.3 is 25.4 Å². The number of aliphatic imine (C=N–C) groups is 1. The maximum atomic E-state index is 12.2. The number of aromatic hydroxyl groups is 1. The van der Waals surface area contributed by atoms with E-state index in [0.717, 1.165) is 44.2 Å². The monoisotopic (exact) mass is 538 g/mol. The third-order valence-electron chi connectivity index (χ3n) is 4.93. The molecule has 168 valence electrons. The highest BCUT2D eigenvalue weighted by Crippen LogP contribution is 2.19. The van der Waals surface area contributed by atoms with Crippen LogP contribution in [0.4, 0.5) is 0 Å². The molecular formula is C23H31IN4O3. The van der Waals surface area contributed by atoms with E-state index in [4.69, 9.17) is 4.74 Å². The number of hydrogen-bond donors (Lipinski definition) is 3. The summed E-state index contributed by atoms with van der Waals surface area (Å²) in [4.78, 5) is 19.0. The van der Waals surface area contributed by atoms with Crippen molar-refractivity contribution in [1.29, 1.82) is 0 Å². The molecule has 0 unspecified atom stereocenters. The molecular weight excluding hydrogens is 507 g/mol. The third-order valence-corrected chi connectivity index (χ3v) is 4.93. The fourth-order valence-electron chi connectivity index (χ4n) is 3.39. The number of nitrogens with one attached hydrogen (secondary N) is 2. The van der Waals surface area contributed by atoms with E-state index in [1.165, 1.54) is 6.07 Å². The molecule has 2 aromatic rings. The molecule has 1 heterocycles. The van der Waals surface area contributed by atoms with E-state index in [1.54, 1.807) is 18.2 Å². The van der Waals surface area contributed by atoms with Crippen molar-refractivity contribution in [2.45, 2.75) is 25.9 Å². The first-order chi connectivity index (χ1) is 14.7. The number of hydrogen-bond acceptors (Lipinski definition) is 4. The molecule has 1 fully saturated rings. The van der Waals surface area contributed by atoms with Gasteiger partial charge in [0.15, 0.2) is 5.96 Å². The van der Waals surface area contributed by atoms with E-state index in [9.17, 15) is 9.90 Å². The van der Waals surface area contributed by atoms with Crippen molar-refractivity contribution in [3.8, 4) is 11.5 Å². The number of guanidine groups is 1. The first-order valence-corrected chi connectivity index (χ1v) is 10.5. The SMILES string of the molecule is CCNC(=NCCNC(=O)c1ccccc1O)N1CCC(Oc2ccccc2)CC1.I. The molecule has 3 N–H and O–H groups in total. The van der Waals surface area contributed by atoms with Gasteiger partial charge in [0, 0.05) is 39.0 Å². The molecule has 0 saturated carbocycles. The van der Waals surface area contributed by atoms with Crippen molar-refractivity contribution in [3.63, 3.8) is 0 Å². The van der Waals surface area contributed by atoms with Crippen LogP contribution in [0.5, 0.6) is 11.5 Å². The molecule has 0 aromatic heterocycles. The van der Waals surface area contributed by atoms with Gasteiger partial charge in [-0.25, -0.2) is 0 Å². The van der Waals surface area contributed by atoms with Crippen molar-refractivity contribution in [2.75, 3.05) is 32.7 Å². The molecule has 7 nitrogen and oxygen atoms in total. The summed E-state index contributed by atoms with van der Waals surface area (Å²) in [5, 5.41) is 15.9. The Balaban J connectivity index is 0.00000341. The average molecular weight is 538 g/mol. The number of phenolic OH excluding ortho intramolecular Hbond substituents is 1. The minimum atomic E-state index is -0.299. The normalized spacial score (nSPS) is 14.5. The Morgan fingerprint density at radius 2 is 1.77 bits per heavy atom. The van der Waals surface area contributed by atoms with Crippen LogP contribution < -0.4 is 15.4 Å². The predicted octanol–water partition coefficient (Wildman–Crippen LogP) is 3.25. The second kappa shape index (κ2) is 13.0. The number of benzene rings is 2. The van der Waals surface area contributed by atoms with E-state index in [1.807, 2.05) is 37.3 Å². The Morgan fingerprint density at radius 3 is 2.45 bits per heavy atom. The highest BCUT2D eigenvalue weighted by Gasteiger charge is 2.22. The van der Waals surface area contributed by atoms with Gasteiger partial charge >= 0.3 is 0 Å². The van der Waals surface area contributed by atoms with Gasteiger partial charge in [-0.2, -0.15) is 0 Å². The van der Waals surface area contributed by atoms with Gasteiger partial charge in [0.1, 0.15) is 17.6 Å². The zero-order valence-electron chi connectivity index (χ0n) is 17.8. The van der Waals surface area contributed by atoms with Crippen LogP contribution in [-0.4, -0.2) is 60.7 Å². The van der Waals surface area contributed by atoms with Crippen molar-refractivity contribution >= 4 is 35.8 Å². The molecule has 0 radical (unpaired) electrons. The minimum Gasteiger partial charge on any atom is -0.507 e. The lowest BCUT2D eigenvalue weighted by molar-refractivity contribution is 0.0952. The summed E-state index contributed by atoms with van der Waals surface area (Å²) in [5.41, 5.74) is 0.272. The lowest BCUT2D eigenvalue weighted by atomic mass is 10.1. The number of halogens is 1. The maximum absolute atomic E-state index is 12.2. The maximum Gasteiger partial charge on any atom is 0.255 e. The summed E-state index contributed by atoms with van der Waals surface area (Å²) >= 11 is 0. The zero-order chi connectivity index (χ0) is 21.2. The molecule has 0 spiro atoms. The third kappa shape index (κ3) is 7.61. The van der Waals surface area contributed by atoms with Crippen LogP contribution in [0.2, 0.25) is 0 Å². The highest BCUT2D eigenvalue weighted by atomic mass is 127. The van der Waals surface area contributed by atoms with Crippen LogP contribution in [0.15, 0.2) is 59.6 Å². The van der Waals surface area contributed by atoms with Crippen molar-refractivity contribution < 1.29 is 14.6 Å². The number of rotatable bonds is 7. The number of ether oxygens (including phenoxy) is 1. The first kappa shape index (κ1) is 24.8. The molecule has 3 rings (SSSR count). The first-order valence-electron chi connectivity index (χ1n) is 10.5. The molecule has 2 aromatic carbocycles. The van der Waals surface area contributed by atoms with Gasteiger partial charge in [-0.1, -0.05) is 30.3 Å². The topological polar surface area (TPSA) is 86.2 Å². The number of amides is 1. The number of carbonyl (C=O) groups is 1. The van der Waals surface area contributed by atoms with Gasteiger partial charge in [-0.05, 0) is 31.2 Å². The van der Waals surface area contributed by atoms with Gasteiger partial charge in [0.2, 0.25) is 0 Å². The van der Waals surface area contributed by atoms with Crippen LogP contribution >= 0.6 is 24.0 Å². The van der Waals surface area contributed by atoms with Crippen LogP contribution in [0.25, 0.3) is 0 Å². The lowest BCUT2D eigenvalue weighted by Gasteiger charge is -2.34. The number of para-hydroxylation sites is 2. The van der Waals surface area contributed by atoms with Gasteiger partial charge in [0.05, 0.1) is 12.1 Å². The van der Waals surface area contributed by atoms with E-state index >= 15 is 0 Å². The Labute approximate surface area is 200 Å². The summed E-state index contributed by atoms with van der Waals surface area (Å²) in [5.74, 6) is 1.45. The zero-order valence-corrected chi connectivity index (χ0v) is 20.1. The smallest absolute Gasteiger partial charge is 0.255 e. The summed E-state index contributed by atoms with van der Waals surface area (Å²) in [6, 6.07) is 16.4. The van der Waals surface area contributed by atoms with Crippen LogP contribution in [0, 0.1) is 0 Å².